The zero-order valence-corrected chi connectivity index (χ0v) is 14.2. The van der Waals surface area contributed by atoms with Crippen LogP contribution in [-0.2, 0) is 0 Å². The number of ether oxygens (including phenoxy) is 2. The van der Waals surface area contributed by atoms with E-state index < -0.39 is 0 Å². The lowest BCUT2D eigenvalue weighted by molar-refractivity contribution is 0.327. The molecular formula is C17H20ClN3O2. The standard InChI is InChI=1S/C17H20ClN3O2/c1-4-22-16-7-9-19-17(21-16)20-13-5-6-14(18)15(11-13)23-10-8-12(2)3/h5-9,11H,4,10H2,1-3H3,(H,19,20,21). The van der Waals surface area contributed by atoms with Gasteiger partial charge in [0.2, 0.25) is 11.8 Å². The number of allylic oxidation sites excluding steroid dienone is 1. The van der Waals surface area contributed by atoms with E-state index in [1.807, 2.05) is 39.0 Å². The molecule has 0 atom stereocenters. The molecule has 0 saturated heterocycles. The Labute approximate surface area is 141 Å². The van der Waals surface area contributed by atoms with Gasteiger partial charge in [0.1, 0.15) is 12.4 Å². The minimum Gasteiger partial charge on any atom is -0.488 e. The highest BCUT2D eigenvalue weighted by atomic mass is 35.5. The summed E-state index contributed by atoms with van der Waals surface area (Å²) in [4.78, 5) is 8.44. The fraction of sp³-hybridized carbons (Fsp3) is 0.294. The Morgan fingerprint density at radius 2 is 2.09 bits per heavy atom. The second-order valence-electron chi connectivity index (χ2n) is 5.01. The summed E-state index contributed by atoms with van der Waals surface area (Å²) >= 11 is 6.16. The van der Waals surface area contributed by atoms with Gasteiger partial charge in [-0.25, -0.2) is 4.98 Å². The van der Waals surface area contributed by atoms with Gasteiger partial charge in [-0.3, -0.25) is 0 Å². The van der Waals surface area contributed by atoms with E-state index in [2.05, 4.69) is 15.3 Å². The van der Waals surface area contributed by atoms with Crippen LogP contribution in [0.4, 0.5) is 11.6 Å². The summed E-state index contributed by atoms with van der Waals surface area (Å²) in [6, 6.07) is 7.14. The number of hydrogen-bond acceptors (Lipinski definition) is 5. The first-order valence-corrected chi connectivity index (χ1v) is 7.75. The Morgan fingerprint density at radius 1 is 1.26 bits per heavy atom. The van der Waals surface area contributed by atoms with Crippen LogP contribution in [0.1, 0.15) is 20.8 Å². The number of rotatable bonds is 7. The molecule has 0 radical (unpaired) electrons. The molecule has 0 fully saturated rings. The Balaban J connectivity index is 2.11. The highest BCUT2D eigenvalue weighted by Gasteiger charge is 2.05. The van der Waals surface area contributed by atoms with Gasteiger partial charge >= 0.3 is 0 Å². The molecule has 0 spiro atoms. The molecule has 0 aliphatic heterocycles. The zero-order valence-electron chi connectivity index (χ0n) is 13.5. The van der Waals surface area contributed by atoms with Crippen molar-refractivity contribution in [1.29, 1.82) is 0 Å². The van der Waals surface area contributed by atoms with Crippen molar-refractivity contribution in [3.8, 4) is 11.6 Å². The quantitative estimate of drug-likeness (QED) is 0.749. The first kappa shape index (κ1) is 17.1. The highest BCUT2D eigenvalue weighted by Crippen LogP contribution is 2.29. The third-order valence-corrected chi connectivity index (χ3v) is 3.15. The molecule has 6 heteroatoms. The van der Waals surface area contributed by atoms with Crippen molar-refractivity contribution in [2.75, 3.05) is 18.5 Å². The van der Waals surface area contributed by atoms with Crippen molar-refractivity contribution in [1.82, 2.24) is 9.97 Å². The number of hydrogen-bond donors (Lipinski definition) is 1. The number of aromatic nitrogens is 2. The number of nitrogens with zero attached hydrogens (tertiary/aromatic N) is 2. The smallest absolute Gasteiger partial charge is 0.230 e. The molecule has 0 amide bonds. The molecule has 23 heavy (non-hydrogen) atoms. The van der Waals surface area contributed by atoms with E-state index in [-0.39, 0.29) is 0 Å². The maximum absolute atomic E-state index is 6.16. The fourth-order valence-electron chi connectivity index (χ4n) is 1.75. The molecule has 2 rings (SSSR count). The highest BCUT2D eigenvalue weighted by molar-refractivity contribution is 6.32. The number of anilines is 2. The van der Waals surface area contributed by atoms with Crippen LogP contribution in [0.25, 0.3) is 0 Å². The molecule has 122 valence electrons. The van der Waals surface area contributed by atoms with E-state index in [1.165, 1.54) is 5.57 Å². The van der Waals surface area contributed by atoms with Gasteiger partial charge < -0.3 is 14.8 Å². The summed E-state index contributed by atoms with van der Waals surface area (Å²) in [7, 11) is 0. The molecule has 0 bridgehead atoms. The van der Waals surface area contributed by atoms with E-state index >= 15 is 0 Å². The van der Waals surface area contributed by atoms with Gasteiger partial charge in [-0.2, -0.15) is 4.98 Å². The minimum absolute atomic E-state index is 0.452. The van der Waals surface area contributed by atoms with Crippen LogP contribution in [0.15, 0.2) is 42.1 Å². The van der Waals surface area contributed by atoms with E-state index in [1.54, 1.807) is 18.3 Å². The van der Waals surface area contributed by atoms with Crippen molar-refractivity contribution < 1.29 is 9.47 Å². The predicted molar refractivity (Wildman–Crippen MR) is 92.9 cm³/mol. The molecule has 1 heterocycles. The molecule has 5 nitrogen and oxygen atoms in total. The van der Waals surface area contributed by atoms with Crippen LogP contribution in [0.3, 0.4) is 0 Å². The summed E-state index contributed by atoms with van der Waals surface area (Å²) in [5.74, 6) is 1.59. The van der Waals surface area contributed by atoms with Gasteiger partial charge in [0.25, 0.3) is 0 Å². The zero-order chi connectivity index (χ0) is 16.7. The van der Waals surface area contributed by atoms with Crippen molar-refractivity contribution in [2.24, 2.45) is 0 Å². The van der Waals surface area contributed by atoms with Crippen LogP contribution in [0.2, 0.25) is 5.02 Å². The molecule has 1 aromatic carbocycles. The van der Waals surface area contributed by atoms with Crippen LogP contribution in [-0.4, -0.2) is 23.2 Å². The van der Waals surface area contributed by atoms with Gasteiger partial charge in [0, 0.05) is 24.0 Å². The topological polar surface area (TPSA) is 56.3 Å². The average Bonchev–Trinajstić information content (AvgIpc) is 2.51. The number of nitrogens with one attached hydrogen (secondary N) is 1. The molecule has 2 aromatic rings. The molecule has 1 aromatic heterocycles. The first-order valence-electron chi connectivity index (χ1n) is 7.37. The van der Waals surface area contributed by atoms with Crippen molar-refractivity contribution in [2.45, 2.75) is 20.8 Å². The molecule has 0 aliphatic carbocycles. The van der Waals surface area contributed by atoms with E-state index in [4.69, 9.17) is 21.1 Å². The Kier molecular flexibility index (Phi) is 6.23. The van der Waals surface area contributed by atoms with Crippen LogP contribution >= 0.6 is 11.6 Å². The van der Waals surface area contributed by atoms with Crippen molar-refractivity contribution in [3.05, 3.63) is 47.1 Å². The van der Waals surface area contributed by atoms with Gasteiger partial charge in [-0.15, -0.1) is 0 Å². The lowest BCUT2D eigenvalue weighted by atomic mass is 10.3. The third-order valence-electron chi connectivity index (χ3n) is 2.84. The first-order chi connectivity index (χ1) is 11.1. The summed E-state index contributed by atoms with van der Waals surface area (Å²) in [5, 5.41) is 3.67. The summed E-state index contributed by atoms with van der Waals surface area (Å²) in [6.07, 6.45) is 3.63. The van der Waals surface area contributed by atoms with Gasteiger partial charge in [0.05, 0.1) is 11.6 Å². The monoisotopic (exact) mass is 333 g/mol. The lowest BCUT2D eigenvalue weighted by Crippen LogP contribution is -2.01. The van der Waals surface area contributed by atoms with Crippen LogP contribution in [0.5, 0.6) is 11.6 Å². The number of halogens is 1. The maximum Gasteiger partial charge on any atom is 0.230 e. The molecule has 0 saturated carbocycles. The van der Waals surface area contributed by atoms with Crippen molar-refractivity contribution >= 4 is 23.2 Å². The largest absolute Gasteiger partial charge is 0.488 e. The van der Waals surface area contributed by atoms with E-state index in [0.717, 1.165) is 5.69 Å². The Morgan fingerprint density at radius 3 is 2.83 bits per heavy atom. The van der Waals surface area contributed by atoms with Crippen LogP contribution < -0.4 is 14.8 Å². The van der Waals surface area contributed by atoms with Gasteiger partial charge in [-0.1, -0.05) is 17.2 Å². The van der Waals surface area contributed by atoms with Crippen molar-refractivity contribution in [3.63, 3.8) is 0 Å². The Bertz CT molecular complexity index is 685. The second kappa shape index (κ2) is 8.39. The van der Waals surface area contributed by atoms with E-state index in [0.29, 0.717) is 35.8 Å². The summed E-state index contributed by atoms with van der Waals surface area (Å²) in [6.45, 7) is 6.98. The van der Waals surface area contributed by atoms with Gasteiger partial charge in [0.15, 0.2) is 0 Å². The minimum atomic E-state index is 0.452. The Hall–Kier alpha value is -2.27. The normalized spacial score (nSPS) is 10.1. The molecule has 0 aliphatic rings. The third kappa shape index (κ3) is 5.45. The SMILES string of the molecule is CCOc1ccnc(Nc2ccc(Cl)c(OCC=C(C)C)c2)n1. The summed E-state index contributed by atoms with van der Waals surface area (Å²) in [5.41, 5.74) is 1.98. The second-order valence-corrected chi connectivity index (χ2v) is 5.42. The maximum atomic E-state index is 6.16. The average molecular weight is 334 g/mol. The van der Waals surface area contributed by atoms with Gasteiger partial charge in [-0.05, 0) is 39.0 Å². The van der Waals surface area contributed by atoms with E-state index in [9.17, 15) is 0 Å². The number of benzene rings is 1. The molecular weight excluding hydrogens is 314 g/mol. The predicted octanol–water partition coefficient (Wildman–Crippen LogP) is 4.62. The molecule has 1 N–H and O–H groups in total. The fourth-order valence-corrected chi connectivity index (χ4v) is 1.92. The summed E-state index contributed by atoms with van der Waals surface area (Å²) < 4.78 is 11.0. The lowest BCUT2D eigenvalue weighted by Gasteiger charge is -2.10. The molecule has 0 unspecified atom stereocenters. The van der Waals surface area contributed by atoms with Crippen LogP contribution in [0, 0.1) is 0 Å².